The molecule has 2 aromatic heterocycles. The van der Waals surface area contributed by atoms with Crippen molar-refractivity contribution in [1.82, 2.24) is 34.5 Å². The van der Waals surface area contributed by atoms with E-state index in [4.69, 9.17) is 0 Å². The molecule has 6 rings (SSSR count). The van der Waals surface area contributed by atoms with Crippen molar-refractivity contribution < 1.29 is 18.4 Å². The smallest absolute Gasteiger partial charge is 0.252 e. The van der Waals surface area contributed by atoms with Crippen LogP contribution in [0.4, 0.5) is 8.78 Å². The average molecular weight is 746 g/mol. The van der Waals surface area contributed by atoms with Crippen LogP contribution in [0.5, 0.6) is 0 Å². The molecule has 1 saturated carbocycles. The molecule has 0 bridgehead atoms. The minimum absolute atomic E-state index is 0.0688. The summed E-state index contributed by atoms with van der Waals surface area (Å²) < 4.78 is 28.1. The van der Waals surface area contributed by atoms with Gasteiger partial charge in [0, 0.05) is 38.0 Å². The Bertz CT molecular complexity index is 1520. The van der Waals surface area contributed by atoms with Crippen LogP contribution in [-0.4, -0.2) is 84.9 Å². The number of rotatable bonds is 12. The maximum Gasteiger partial charge on any atom is 0.252 e. The maximum absolute atomic E-state index is 13.3. The van der Waals surface area contributed by atoms with E-state index in [1.807, 2.05) is 49.5 Å². The Balaban J connectivity index is 0.000000271. The number of hydrogen-bond donors (Lipinski definition) is 1. The molecule has 3 unspecified atom stereocenters. The number of likely N-dealkylation sites (tertiary alicyclic amines) is 2. The second kappa shape index (κ2) is 18.7. The summed E-state index contributed by atoms with van der Waals surface area (Å²) in [6.45, 7) is 18.3. The van der Waals surface area contributed by atoms with Gasteiger partial charge in [-0.1, -0.05) is 64.1 Å². The molecule has 2 aliphatic heterocycles. The molecule has 3 aliphatic rings. The third-order valence-corrected chi connectivity index (χ3v) is 12.4. The van der Waals surface area contributed by atoms with Crippen LogP contribution < -0.4 is 5.32 Å². The van der Waals surface area contributed by atoms with Gasteiger partial charge in [0.05, 0.1) is 28.0 Å². The number of piperidine rings is 1. The average Bonchev–Trinajstić information content (AvgIpc) is 3.60. The highest BCUT2D eigenvalue weighted by Crippen LogP contribution is 2.49. The third kappa shape index (κ3) is 11.8. The molecule has 2 saturated heterocycles. The summed E-state index contributed by atoms with van der Waals surface area (Å²) in [7, 11) is 0. The molecule has 9 nitrogen and oxygen atoms in total. The number of aryl methyl sites for hydroxylation is 2. The number of hydrogen-bond acceptors (Lipinski definition) is 8. The van der Waals surface area contributed by atoms with Crippen LogP contribution in [0.2, 0.25) is 0 Å². The van der Waals surface area contributed by atoms with E-state index in [-0.39, 0.29) is 23.0 Å². The third-order valence-electron chi connectivity index (χ3n) is 9.88. The molecule has 3 fully saturated rings. The van der Waals surface area contributed by atoms with E-state index in [1.54, 1.807) is 15.4 Å². The Hall–Kier alpha value is -2.90. The molecule has 0 radical (unpaired) electrons. The van der Waals surface area contributed by atoms with Crippen LogP contribution in [0.25, 0.3) is 10.4 Å². The number of benzene rings is 1. The molecule has 1 aromatic carbocycles. The van der Waals surface area contributed by atoms with Crippen molar-refractivity contribution in [3.05, 3.63) is 52.9 Å². The van der Waals surface area contributed by atoms with Crippen LogP contribution in [0.15, 0.2) is 36.0 Å². The molecular formula is C38H57F2N7O2S2. The summed E-state index contributed by atoms with van der Waals surface area (Å²) >= 11 is 3.11. The first-order valence-corrected chi connectivity index (χ1v) is 20.2. The molecule has 3 atom stereocenters. The monoisotopic (exact) mass is 745 g/mol. The number of thiazole rings is 1. The molecule has 3 aromatic rings. The quantitative estimate of drug-likeness (QED) is 0.189. The molecular weight excluding hydrogens is 689 g/mol. The molecule has 51 heavy (non-hydrogen) atoms. The number of aromatic nitrogens is 4. The van der Waals surface area contributed by atoms with E-state index >= 15 is 0 Å². The summed E-state index contributed by atoms with van der Waals surface area (Å²) in [5, 5.41) is 11.1. The number of halogens is 2. The fourth-order valence-corrected chi connectivity index (χ4v) is 8.47. The lowest BCUT2D eigenvalue weighted by Gasteiger charge is -2.33. The van der Waals surface area contributed by atoms with E-state index < -0.39 is 11.8 Å². The largest absolute Gasteiger partial charge is 0.355 e. The van der Waals surface area contributed by atoms with Gasteiger partial charge in [-0.3, -0.25) is 9.59 Å². The number of amides is 2. The molecule has 0 spiro atoms. The Morgan fingerprint density at radius 2 is 1.82 bits per heavy atom. The van der Waals surface area contributed by atoms with Crippen molar-refractivity contribution in [2.24, 2.45) is 17.3 Å². The highest BCUT2D eigenvalue weighted by molar-refractivity contribution is 7.99. The van der Waals surface area contributed by atoms with Gasteiger partial charge >= 0.3 is 0 Å². The lowest BCUT2D eigenvalue weighted by Crippen LogP contribution is -2.45. The Morgan fingerprint density at radius 1 is 1.14 bits per heavy atom. The summed E-state index contributed by atoms with van der Waals surface area (Å²) in [4.78, 5) is 33.1. The highest BCUT2D eigenvalue weighted by Gasteiger charge is 2.57. The van der Waals surface area contributed by atoms with E-state index in [0.29, 0.717) is 31.5 Å². The number of nitrogens with zero attached hydrogens (tertiary/aromatic N) is 6. The van der Waals surface area contributed by atoms with E-state index in [0.717, 1.165) is 75.1 Å². The maximum atomic E-state index is 13.3. The predicted octanol–water partition coefficient (Wildman–Crippen LogP) is 7.89. The highest BCUT2D eigenvalue weighted by atomic mass is 32.2. The zero-order valence-electron chi connectivity index (χ0n) is 31.4. The SMILES string of the molecule is CC.CC1CCCN1C(=O)C(Sn1cc(CCC2CCN(CC3CC3(F)F)CC2)nn1)C(C)(C)C.Cc1ncsc1-c1ccc(CNC=O)cc1. The summed E-state index contributed by atoms with van der Waals surface area (Å²) in [5.41, 5.74) is 5.95. The molecule has 282 valence electrons. The first-order chi connectivity index (χ1) is 24.3. The van der Waals surface area contributed by atoms with Crippen LogP contribution in [0, 0.1) is 24.2 Å². The lowest BCUT2D eigenvalue weighted by atomic mass is 9.90. The number of alkyl halides is 2. The summed E-state index contributed by atoms with van der Waals surface area (Å²) in [5.74, 6) is -2.02. The number of nitrogens with one attached hydrogen (secondary N) is 1. The Morgan fingerprint density at radius 3 is 2.37 bits per heavy atom. The standard InChI is InChI=1S/C24H39F2N5OS.C12H12N2OS.C2H6/c1-17-6-5-11-30(17)22(32)21(23(2,3)4)33-31-16-20(27-28-31)8-7-18-9-12-29(13-10-18)15-19-14-24(19,25)26;1-9-12(16-8-14-9)11-4-2-10(3-5-11)6-13-7-15;1-2/h16-19,21H,5-15H2,1-4H3;2-5,7-8H,6H2,1H3,(H,13,15);1-2H3. The van der Waals surface area contributed by atoms with Crippen LogP contribution in [-0.2, 0) is 22.6 Å². The molecule has 4 heterocycles. The van der Waals surface area contributed by atoms with Gasteiger partial charge in [0.25, 0.3) is 5.92 Å². The molecule has 2 amide bonds. The van der Waals surface area contributed by atoms with Gasteiger partial charge in [0.2, 0.25) is 12.3 Å². The first-order valence-electron chi connectivity index (χ1n) is 18.5. The zero-order chi connectivity index (χ0) is 37.2. The topological polar surface area (TPSA) is 96.2 Å². The second-order valence-electron chi connectivity index (χ2n) is 14.9. The van der Waals surface area contributed by atoms with Crippen molar-refractivity contribution in [3.63, 3.8) is 0 Å². The number of carbonyl (C=O) groups is 2. The van der Waals surface area contributed by atoms with Crippen LogP contribution >= 0.6 is 23.3 Å². The minimum atomic E-state index is -2.41. The van der Waals surface area contributed by atoms with Gasteiger partial charge in [0.1, 0.15) is 5.25 Å². The normalized spacial score (nSPS) is 20.8. The Kier molecular flexibility index (Phi) is 15.0. The van der Waals surface area contributed by atoms with Crippen molar-refractivity contribution in [2.75, 3.05) is 26.2 Å². The lowest BCUT2D eigenvalue weighted by molar-refractivity contribution is -0.132. The summed E-state index contributed by atoms with van der Waals surface area (Å²) in [6, 6.07) is 8.46. The first kappa shape index (κ1) is 40.9. The van der Waals surface area contributed by atoms with Crippen molar-refractivity contribution in [2.45, 2.75) is 117 Å². The molecule has 13 heteroatoms. The minimum Gasteiger partial charge on any atom is -0.355 e. The second-order valence-corrected chi connectivity index (χ2v) is 16.8. The van der Waals surface area contributed by atoms with Gasteiger partial charge < -0.3 is 15.1 Å². The number of carbonyl (C=O) groups excluding carboxylic acids is 2. The van der Waals surface area contributed by atoms with E-state index in [1.165, 1.54) is 22.4 Å². The zero-order valence-corrected chi connectivity index (χ0v) is 33.0. The van der Waals surface area contributed by atoms with Gasteiger partial charge in [-0.05, 0) is 99.9 Å². The van der Waals surface area contributed by atoms with Crippen molar-refractivity contribution >= 4 is 35.6 Å². The fraction of sp³-hybridized carbons (Fsp3) is 0.658. The Labute approximate surface area is 311 Å². The van der Waals surface area contributed by atoms with Crippen LogP contribution in [0.1, 0.15) is 97.0 Å². The van der Waals surface area contributed by atoms with Crippen molar-refractivity contribution in [1.29, 1.82) is 0 Å². The predicted molar refractivity (Wildman–Crippen MR) is 204 cm³/mol. The fourth-order valence-electron chi connectivity index (χ4n) is 6.64. The van der Waals surface area contributed by atoms with Crippen molar-refractivity contribution in [3.8, 4) is 10.4 Å². The van der Waals surface area contributed by atoms with Crippen LogP contribution in [0.3, 0.4) is 0 Å². The molecule has 1 aliphatic carbocycles. The van der Waals surface area contributed by atoms with Gasteiger partial charge in [-0.2, -0.15) is 4.09 Å². The van der Waals surface area contributed by atoms with Gasteiger partial charge in [-0.15, -0.1) is 16.4 Å². The van der Waals surface area contributed by atoms with E-state index in [2.05, 4.69) is 65.3 Å². The van der Waals surface area contributed by atoms with Gasteiger partial charge in [-0.25, -0.2) is 13.8 Å². The summed E-state index contributed by atoms with van der Waals surface area (Å²) in [6.07, 6.45) is 8.94. The molecule has 1 N–H and O–H groups in total. The van der Waals surface area contributed by atoms with Gasteiger partial charge in [0.15, 0.2) is 0 Å². The van der Waals surface area contributed by atoms with E-state index in [9.17, 15) is 18.4 Å².